The van der Waals surface area contributed by atoms with E-state index in [2.05, 4.69) is 4.98 Å². The maximum atomic E-state index is 12.3. The second-order valence-electron chi connectivity index (χ2n) is 2.41. The summed E-state index contributed by atoms with van der Waals surface area (Å²) >= 11 is 5.53. The van der Waals surface area contributed by atoms with E-state index in [0.29, 0.717) is 0 Å². The van der Waals surface area contributed by atoms with Crippen LogP contribution in [0.15, 0.2) is 6.07 Å². The highest BCUT2D eigenvalue weighted by atomic mass is 35.5. The minimum Gasteiger partial charge on any atom is -0.396 e. The molecule has 0 aliphatic heterocycles. The van der Waals surface area contributed by atoms with E-state index < -0.39 is 6.43 Å². The number of hydrogen-bond donors (Lipinski definition) is 2. The van der Waals surface area contributed by atoms with E-state index in [1.54, 1.807) is 0 Å². The number of nitrogens with two attached hydrogens (primary N) is 2. The summed E-state index contributed by atoms with van der Waals surface area (Å²) in [5.41, 5.74) is 10.4. The molecule has 0 aliphatic rings. The molecule has 1 aromatic rings. The molecule has 0 saturated carbocycles. The Morgan fingerprint density at radius 1 is 1.54 bits per heavy atom. The SMILES string of the molecule is NCc1nc(Cl)c(N)cc1C(F)F. The fourth-order valence-corrected chi connectivity index (χ4v) is 1.07. The molecule has 1 rings (SSSR count). The fourth-order valence-electron chi connectivity index (χ4n) is 0.910. The molecule has 3 nitrogen and oxygen atoms in total. The Bertz CT molecular complexity index is 317. The summed E-state index contributed by atoms with van der Waals surface area (Å²) in [5.74, 6) is 0. The van der Waals surface area contributed by atoms with E-state index in [0.717, 1.165) is 6.07 Å². The van der Waals surface area contributed by atoms with Crippen LogP contribution >= 0.6 is 11.6 Å². The molecule has 0 atom stereocenters. The van der Waals surface area contributed by atoms with Gasteiger partial charge in [0.25, 0.3) is 6.43 Å². The Hall–Kier alpha value is -0.940. The summed E-state index contributed by atoms with van der Waals surface area (Å²) in [7, 11) is 0. The zero-order valence-corrected chi connectivity index (χ0v) is 7.35. The Balaban J connectivity index is 3.25. The molecule has 0 radical (unpaired) electrons. The molecule has 1 aromatic heterocycles. The van der Waals surface area contributed by atoms with Crippen molar-refractivity contribution < 1.29 is 8.78 Å². The molecule has 4 N–H and O–H groups in total. The fraction of sp³-hybridized carbons (Fsp3) is 0.286. The molecular weight excluding hydrogens is 200 g/mol. The van der Waals surface area contributed by atoms with Gasteiger partial charge in [-0.05, 0) is 6.07 Å². The largest absolute Gasteiger partial charge is 0.396 e. The van der Waals surface area contributed by atoms with Gasteiger partial charge in [-0.15, -0.1) is 0 Å². The monoisotopic (exact) mass is 207 g/mol. The maximum Gasteiger partial charge on any atom is 0.265 e. The lowest BCUT2D eigenvalue weighted by Crippen LogP contribution is -2.07. The molecule has 0 aliphatic carbocycles. The molecule has 13 heavy (non-hydrogen) atoms. The Kier molecular flexibility index (Phi) is 3.00. The van der Waals surface area contributed by atoms with Gasteiger partial charge in [-0.25, -0.2) is 13.8 Å². The van der Waals surface area contributed by atoms with Gasteiger partial charge >= 0.3 is 0 Å². The third-order valence-electron chi connectivity index (χ3n) is 1.54. The normalized spacial score (nSPS) is 10.8. The quantitative estimate of drug-likeness (QED) is 0.726. The minimum absolute atomic E-state index is 0.00449. The lowest BCUT2D eigenvalue weighted by atomic mass is 10.2. The van der Waals surface area contributed by atoms with Gasteiger partial charge in [0.15, 0.2) is 5.15 Å². The van der Waals surface area contributed by atoms with Crippen LogP contribution in [0.1, 0.15) is 17.7 Å². The first-order chi connectivity index (χ1) is 6.06. The summed E-state index contributed by atoms with van der Waals surface area (Å²) in [6, 6.07) is 1.10. The molecule has 6 heteroatoms. The number of rotatable bonds is 2. The van der Waals surface area contributed by atoms with Crippen molar-refractivity contribution in [1.82, 2.24) is 4.98 Å². The first-order valence-corrected chi connectivity index (χ1v) is 3.87. The maximum absolute atomic E-state index is 12.3. The number of pyridine rings is 1. The molecule has 0 spiro atoms. The van der Waals surface area contributed by atoms with Gasteiger partial charge in [-0.3, -0.25) is 0 Å². The topological polar surface area (TPSA) is 64.9 Å². The number of halogens is 3. The summed E-state index contributed by atoms with van der Waals surface area (Å²) in [6.45, 7) is -0.0837. The highest BCUT2D eigenvalue weighted by molar-refractivity contribution is 6.31. The zero-order valence-electron chi connectivity index (χ0n) is 6.60. The van der Waals surface area contributed by atoms with Gasteiger partial charge < -0.3 is 11.5 Å². The molecule has 0 unspecified atom stereocenters. The van der Waals surface area contributed by atoms with Crippen LogP contribution in [0.5, 0.6) is 0 Å². The molecule has 0 aromatic carbocycles. The highest BCUT2D eigenvalue weighted by Crippen LogP contribution is 2.27. The second-order valence-corrected chi connectivity index (χ2v) is 2.77. The van der Waals surface area contributed by atoms with E-state index in [4.69, 9.17) is 23.1 Å². The van der Waals surface area contributed by atoms with Crippen molar-refractivity contribution in [2.75, 3.05) is 5.73 Å². The standard InChI is InChI=1S/C7H8ClF2N3/c8-6-4(12)1-3(7(9)10)5(2-11)13-6/h1,7H,2,11-12H2. The van der Waals surface area contributed by atoms with Crippen molar-refractivity contribution in [3.05, 3.63) is 22.5 Å². The lowest BCUT2D eigenvalue weighted by molar-refractivity contribution is 0.149. The molecule has 72 valence electrons. The van der Waals surface area contributed by atoms with E-state index in [1.165, 1.54) is 0 Å². The van der Waals surface area contributed by atoms with Gasteiger partial charge in [0, 0.05) is 12.1 Å². The van der Waals surface area contributed by atoms with E-state index in [-0.39, 0.29) is 28.6 Å². The van der Waals surface area contributed by atoms with Crippen molar-refractivity contribution in [3.8, 4) is 0 Å². The van der Waals surface area contributed by atoms with E-state index in [9.17, 15) is 8.78 Å². The average molecular weight is 208 g/mol. The van der Waals surface area contributed by atoms with Crippen molar-refractivity contribution in [2.45, 2.75) is 13.0 Å². The van der Waals surface area contributed by atoms with Crippen LogP contribution < -0.4 is 11.5 Å². The van der Waals surface area contributed by atoms with Crippen LogP contribution in [0.25, 0.3) is 0 Å². The first kappa shape index (κ1) is 10.1. The number of alkyl halides is 2. The van der Waals surface area contributed by atoms with E-state index in [1.807, 2.05) is 0 Å². The zero-order chi connectivity index (χ0) is 10.0. The number of nitrogens with zero attached hydrogens (tertiary/aromatic N) is 1. The predicted molar refractivity (Wildman–Crippen MR) is 46.5 cm³/mol. The van der Waals surface area contributed by atoms with Crippen LogP contribution in [0.4, 0.5) is 14.5 Å². The minimum atomic E-state index is -2.63. The number of nitrogen functional groups attached to an aromatic ring is 1. The van der Waals surface area contributed by atoms with Crippen molar-refractivity contribution in [3.63, 3.8) is 0 Å². The van der Waals surface area contributed by atoms with Crippen LogP contribution in [-0.2, 0) is 6.54 Å². The van der Waals surface area contributed by atoms with Gasteiger partial charge in [0.1, 0.15) is 0 Å². The van der Waals surface area contributed by atoms with Gasteiger partial charge in [-0.2, -0.15) is 0 Å². The Morgan fingerprint density at radius 3 is 2.62 bits per heavy atom. The summed E-state index contributed by atoms with van der Waals surface area (Å²) in [5, 5.41) is 0.00449. The smallest absolute Gasteiger partial charge is 0.265 e. The van der Waals surface area contributed by atoms with E-state index >= 15 is 0 Å². The second kappa shape index (κ2) is 3.85. The molecule has 0 fully saturated rings. The van der Waals surface area contributed by atoms with Crippen LogP contribution in [-0.4, -0.2) is 4.98 Å². The highest BCUT2D eigenvalue weighted by Gasteiger charge is 2.15. The van der Waals surface area contributed by atoms with Crippen LogP contribution in [0.3, 0.4) is 0 Å². The Labute approximate surface area is 78.7 Å². The van der Waals surface area contributed by atoms with Crippen molar-refractivity contribution in [2.24, 2.45) is 5.73 Å². The molecule has 0 saturated heterocycles. The number of hydrogen-bond acceptors (Lipinski definition) is 3. The van der Waals surface area contributed by atoms with Crippen LogP contribution in [0.2, 0.25) is 5.15 Å². The molecular formula is C7H8ClF2N3. The van der Waals surface area contributed by atoms with Gasteiger partial charge in [-0.1, -0.05) is 11.6 Å². The van der Waals surface area contributed by atoms with Crippen molar-refractivity contribution >= 4 is 17.3 Å². The number of aromatic nitrogens is 1. The Morgan fingerprint density at radius 2 is 2.15 bits per heavy atom. The predicted octanol–water partition coefficient (Wildman–Crippen LogP) is 1.71. The molecule has 0 amide bonds. The third-order valence-corrected chi connectivity index (χ3v) is 1.85. The lowest BCUT2D eigenvalue weighted by Gasteiger charge is -2.07. The summed E-state index contributed by atoms with van der Waals surface area (Å²) < 4.78 is 24.7. The van der Waals surface area contributed by atoms with Crippen molar-refractivity contribution in [1.29, 1.82) is 0 Å². The third kappa shape index (κ3) is 2.05. The first-order valence-electron chi connectivity index (χ1n) is 3.49. The summed E-state index contributed by atoms with van der Waals surface area (Å²) in [4.78, 5) is 3.65. The van der Waals surface area contributed by atoms with Crippen LogP contribution in [0, 0.1) is 0 Å². The summed E-state index contributed by atoms with van der Waals surface area (Å²) in [6.07, 6.45) is -2.63. The number of anilines is 1. The van der Waals surface area contributed by atoms with Gasteiger partial charge in [0.05, 0.1) is 11.4 Å². The van der Waals surface area contributed by atoms with Gasteiger partial charge in [0.2, 0.25) is 0 Å². The average Bonchev–Trinajstić information content (AvgIpc) is 2.08. The molecule has 0 bridgehead atoms. The molecule has 1 heterocycles.